The number of benzene rings is 1. The summed E-state index contributed by atoms with van der Waals surface area (Å²) in [5.41, 5.74) is 3.15. The summed E-state index contributed by atoms with van der Waals surface area (Å²) in [6, 6.07) is 7.55. The number of Topliss-reactive ketones (excluding diaryl/α,β-unsaturated/α-hetero) is 1. The summed E-state index contributed by atoms with van der Waals surface area (Å²) in [5.74, 6) is -1.66. The molecule has 1 aliphatic heterocycles. The number of amides is 1. The smallest absolute Gasteiger partial charge is 0.340 e. The molecule has 1 amide bonds. The van der Waals surface area contributed by atoms with Gasteiger partial charge < -0.3 is 14.6 Å². The van der Waals surface area contributed by atoms with Crippen molar-refractivity contribution in [2.45, 2.75) is 66.0 Å². The predicted molar refractivity (Wildman–Crippen MR) is 116 cm³/mol. The van der Waals surface area contributed by atoms with Gasteiger partial charge in [0.25, 0.3) is 11.7 Å². The zero-order valence-electron chi connectivity index (χ0n) is 18.4. The van der Waals surface area contributed by atoms with Gasteiger partial charge in [-0.25, -0.2) is 4.79 Å². The molecule has 2 heterocycles. The lowest BCUT2D eigenvalue weighted by molar-refractivity contribution is -0.132. The average Bonchev–Trinajstić information content (AvgIpc) is 3.05. The number of carbonyl (C=O) groups is 3. The molecule has 160 valence electrons. The number of aromatic amines is 1. The standard InChI is InChI=1S/C24H30N2O4/c1-6-30-24(29)19-17(5)25-21(20(19)18-12-10-14(2)11-13-18)22(27)23(28)26-15(3)8-7-9-16(26)4/h10-13,15-16,25H,6-9H2,1-5H3/t15-,16+. The summed E-state index contributed by atoms with van der Waals surface area (Å²) in [6.45, 7) is 9.60. The van der Waals surface area contributed by atoms with E-state index in [1.54, 1.807) is 18.7 Å². The van der Waals surface area contributed by atoms with E-state index in [2.05, 4.69) is 4.98 Å². The Labute approximate surface area is 177 Å². The van der Waals surface area contributed by atoms with Crippen molar-refractivity contribution < 1.29 is 19.1 Å². The SMILES string of the molecule is CCOC(=O)c1c(C)[nH]c(C(=O)C(=O)N2[C@H](C)CCC[C@@H]2C)c1-c1ccc(C)cc1. The van der Waals surface area contributed by atoms with Gasteiger partial charge in [-0.2, -0.15) is 0 Å². The number of H-pyrrole nitrogens is 1. The first-order valence-electron chi connectivity index (χ1n) is 10.6. The van der Waals surface area contributed by atoms with Crippen molar-refractivity contribution >= 4 is 17.7 Å². The lowest BCUT2D eigenvalue weighted by Gasteiger charge is -2.38. The van der Waals surface area contributed by atoms with E-state index in [4.69, 9.17) is 4.74 Å². The zero-order chi connectivity index (χ0) is 22.0. The van der Waals surface area contributed by atoms with E-state index in [0.29, 0.717) is 22.4 Å². The highest BCUT2D eigenvalue weighted by Gasteiger charge is 2.36. The number of ether oxygens (including phenoxy) is 1. The van der Waals surface area contributed by atoms with Crippen LogP contribution in [0.25, 0.3) is 11.1 Å². The van der Waals surface area contributed by atoms with E-state index in [0.717, 1.165) is 24.8 Å². The van der Waals surface area contributed by atoms with E-state index in [1.165, 1.54) is 0 Å². The number of nitrogens with zero attached hydrogens (tertiary/aromatic N) is 1. The topological polar surface area (TPSA) is 79.5 Å². The minimum atomic E-state index is -0.621. The summed E-state index contributed by atoms with van der Waals surface area (Å²) < 4.78 is 5.23. The van der Waals surface area contributed by atoms with Crippen LogP contribution in [0.1, 0.15) is 72.1 Å². The summed E-state index contributed by atoms with van der Waals surface area (Å²) in [7, 11) is 0. The zero-order valence-corrected chi connectivity index (χ0v) is 18.4. The van der Waals surface area contributed by atoms with Crippen LogP contribution in [-0.2, 0) is 9.53 Å². The van der Waals surface area contributed by atoms with Crippen LogP contribution in [0.4, 0.5) is 0 Å². The van der Waals surface area contributed by atoms with Crippen LogP contribution in [0.15, 0.2) is 24.3 Å². The molecular weight excluding hydrogens is 380 g/mol. The summed E-state index contributed by atoms with van der Waals surface area (Å²) >= 11 is 0. The molecule has 0 aliphatic carbocycles. The number of ketones is 1. The first-order valence-corrected chi connectivity index (χ1v) is 10.6. The second-order valence-electron chi connectivity index (χ2n) is 8.13. The minimum absolute atomic E-state index is 0.00797. The van der Waals surface area contributed by atoms with Gasteiger partial charge in [0.05, 0.1) is 12.2 Å². The van der Waals surface area contributed by atoms with Gasteiger partial charge in [0.2, 0.25) is 0 Å². The van der Waals surface area contributed by atoms with Crippen molar-refractivity contribution in [3.8, 4) is 11.1 Å². The fourth-order valence-corrected chi connectivity index (χ4v) is 4.31. The van der Waals surface area contributed by atoms with Crippen LogP contribution in [0.2, 0.25) is 0 Å². The molecule has 0 bridgehead atoms. The molecule has 30 heavy (non-hydrogen) atoms. The molecule has 2 aromatic rings. The highest BCUT2D eigenvalue weighted by atomic mass is 16.5. The normalized spacial score (nSPS) is 18.9. The molecule has 1 fully saturated rings. The van der Waals surface area contributed by atoms with Crippen molar-refractivity contribution in [3.05, 3.63) is 46.8 Å². The molecule has 6 heteroatoms. The molecule has 1 saturated heterocycles. The Morgan fingerprint density at radius 3 is 2.23 bits per heavy atom. The van der Waals surface area contributed by atoms with Gasteiger partial charge in [0.1, 0.15) is 5.69 Å². The molecule has 0 spiro atoms. The van der Waals surface area contributed by atoms with Crippen LogP contribution < -0.4 is 0 Å². The Morgan fingerprint density at radius 2 is 1.67 bits per heavy atom. The maximum atomic E-state index is 13.4. The Kier molecular flexibility index (Phi) is 6.44. The Balaban J connectivity index is 2.10. The van der Waals surface area contributed by atoms with E-state index < -0.39 is 17.7 Å². The van der Waals surface area contributed by atoms with Gasteiger partial charge in [0, 0.05) is 23.3 Å². The Bertz CT molecular complexity index is 948. The van der Waals surface area contributed by atoms with Gasteiger partial charge in [0.15, 0.2) is 0 Å². The third-order valence-corrected chi connectivity index (χ3v) is 5.86. The van der Waals surface area contributed by atoms with Crippen molar-refractivity contribution in [2.24, 2.45) is 0 Å². The highest BCUT2D eigenvalue weighted by molar-refractivity contribution is 6.44. The molecule has 1 aromatic heterocycles. The van der Waals surface area contributed by atoms with E-state index in [1.807, 2.05) is 45.0 Å². The van der Waals surface area contributed by atoms with Crippen LogP contribution in [-0.4, -0.2) is 46.2 Å². The van der Waals surface area contributed by atoms with E-state index in [-0.39, 0.29) is 24.4 Å². The van der Waals surface area contributed by atoms with Gasteiger partial charge in [-0.05, 0) is 59.4 Å². The molecule has 1 aliphatic rings. The first-order chi connectivity index (χ1) is 14.3. The number of aryl methyl sites for hydroxylation is 2. The number of carbonyl (C=O) groups excluding carboxylic acids is 3. The molecule has 1 N–H and O–H groups in total. The van der Waals surface area contributed by atoms with Crippen molar-refractivity contribution in [3.63, 3.8) is 0 Å². The van der Waals surface area contributed by atoms with Gasteiger partial charge in [-0.15, -0.1) is 0 Å². The van der Waals surface area contributed by atoms with E-state index in [9.17, 15) is 14.4 Å². The number of likely N-dealkylation sites (tertiary alicyclic amines) is 1. The number of aromatic nitrogens is 1. The summed E-state index contributed by atoms with van der Waals surface area (Å²) in [4.78, 5) is 44.0. The first kappa shape index (κ1) is 21.8. The van der Waals surface area contributed by atoms with Crippen molar-refractivity contribution in [1.29, 1.82) is 0 Å². The maximum absolute atomic E-state index is 13.4. The molecule has 6 nitrogen and oxygen atoms in total. The second-order valence-corrected chi connectivity index (χ2v) is 8.13. The molecule has 2 atom stereocenters. The van der Waals surface area contributed by atoms with Crippen LogP contribution in [0.5, 0.6) is 0 Å². The lowest BCUT2D eigenvalue weighted by Crippen LogP contribution is -2.50. The molecule has 1 aromatic carbocycles. The second kappa shape index (κ2) is 8.86. The van der Waals surface area contributed by atoms with Crippen LogP contribution in [0, 0.1) is 13.8 Å². The number of piperidine rings is 1. The van der Waals surface area contributed by atoms with Gasteiger partial charge in [-0.1, -0.05) is 29.8 Å². The number of esters is 1. The Hall–Kier alpha value is -2.89. The van der Waals surface area contributed by atoms with E-state index >= 15 is 0 Å². The summed E-state index contributed by atoms with van der Waals surface area (Å²) in [6.07, 6.45) is 2.81. The molecule has 0 radical (unpaired) electrons. The Morgan fingerprint density at radius 1 is 1.07 bits per heavy atom. The van der Waals surface area contributed by atoms with Crippen molar-refractivity contribution in [1.82, 2.24) is 9.88 Å². The third-order valence-electron chi connectivity index (χ3n) is 5.86. The van der Waals surface area contributed by atoms with Crippen molar-refractivity contribution in [2.75, 3.05) is 6.61 Å². The maximum Gasteiger partial charge on any atom is 0.340 e. The van der Waals surface area contributed by atoms with Gasteiger partial charge in [-0.3, -0.25) is 9.59 Å². The number of nitrogens with one attached hydrogen (secondary N) is 1. The number of hydrogen-bond acceptors (Lipinski definition) is 4. The number of rotatable bonds is 5. The molecule has 3 rings (SSSR count). The third kappa shape index (κ3) is 4.04. The fourth-order valence-electron chi connectivity index (χ4n) is 4.31. The minimum Gasteiger partial charge on any atom is -0.462 e. The predicted octanol–water partition coefficient (Wildman–Crippen LogP) is 4.45. The van der Waals surface area contributed by atoms with Crippen LogP contribution in [0.3, 0.4) is 0 Å². The highest BCUT2D eigenvalue weighted by Crippen LogP contribution is 2.33. The number of hydrogen-bond donors (Lipinski definition) is 1. The molecule has 0 saturated carbocycles. The monoisotopic (exact) mass is 410 g/mol. The lowest BCUT2D eigenvalue weighted by atomic mass is 9.94. The summed E-state index contributed by atoms with van der Waals surface area (Å²) in [5, 5.41) is 0. The quantitative estimate of drug-likeness (QED) is 0.449. The molecular formula is C24H30N2O4. The molecule has 0 unspecified atom stereocenters. The largest absolute Gasteiger partial charge is 0.462 e. The fraction of sp³-hybridized carbons (Fsp3) is 0.458. The average molecular weight is 411 g/mol. The van der Waals surface area contributed by atoms with Gasteiger partial charge >= 0.3 is 5.97 Å². The van der Waals surface area contributed by atoms with Crippen LogP contribution >= 0.6 is 0 Å².